The lowest BCUT2D eigenvalue weighted by molar-refractivity contribution is -0.142. The summed E-state index contributed by atoms with van der Waals surface area (Å²) >= 11 is 0. The Kier molecular flexibility index (Phi) is 6.51. The summed E-state index contributed by atoms with van der Waals surface area (Å²) in [6.07, 6.45) is 0.100. The molecule has 2 fully saturated rings. The van der Waals surface area contributed by atoms with Crippen molar-refractivity contribution in [3.05, 3.63) is 34.2 Å². The Bertz CT molecular complexity index is 1200. The number of fused-ring (bicyclic) bond motifs is 1. The van der Waals surface area contributed by atoms with Crippen LogP contribution in [-0.2, 0) is 34.6 Å². The van der Waals surface area contributed by atoms with Crippen LogP contribution in [0.5, 0.6) is 0 Å². The number of rotatable bonds is 6. The fourth-order valence-corrected chi connectivity index (χ4v) is 4.43. The summed E-state index contributed by atoms with van der Waals surface area (Å²) in [5.41, 5.74) is 9.89. The molecule has 1 N–H and O–H groups in total. The van der Waals surface area contributed by atoms with Gasteiger partial charge in [0.1, 0.15) is 6.04 Å². The zero-order valence-electron chi connectivity index (χ0n) is 22.5. The van der Waals surface area contributed by atoms with Crippen LogP contribution in [0.25, 0.3) is 21.3 Å². The van der Waals surface area contributed by atoms with E-state index in [1.54, 1.807) is 0 Å². The van der Waals surface area contributed by atoms with Gasteiger partial charge in [-0.25, -0.2) is 0 Å². The van der Waals surface area contributed by atoms with Crippen LogP contribution in [0.1, 0.15) is 61.0 Å². The van der Waals surface area contributed by atoms with Crippen LogP contribution in [0.2, 0.25) is 0 Å². The van der Waals surface area contributed by atoms with Gasteiger partial charge in [0.15, 0.2) is 0 Å². The average Bonchev–Trinajstić information content (AvgIpc) is 3.32. The summed E-state index contributed by atoms with van der Waals surface area (Å²) in [6.45, 7) is 15.9. The number of nitrogens with one attached hydrogen (secondary N) is 1. The standard InChI is InChI=1S/C24H34B2N4O6/c1-21(2)22(3,4)34-25(33-21)16-12-10-11-14-15(13-17(29-30-27)20(31)32-9)19(28-18(14)16)26-35-23(5,6)24(7,8)36-26/h10-12,17,28H,13H2,1-9H3. The van der Waals surface area contributed by atoms with Crippen LogP contribution >= 0.6 is 0 Å². The predicted molar refractivity (Wildman–Crippen MR) is 138 cm³/mol. The van der Waals surface area contributed by atoms with Crippen LogP contribution in [-0.4, -0.2) is 60.7 Å². The number of carbonyl (C=O) groups excluding carboxylic acids is 1. The first-order valence-electron chi connectivity index (χ1n) is 12.1. The highest BCUT2D eigenvalue weighted by molar-refractivity contribution is 6.66. The van der Waals surface area contributed by atoms with Crippen LogP contribution in [0.4, 0.5) is 0 Å². The first-order chi connectivity index (χ1) is 16.6. The number of para-hydroxylation sites is 1. The van der Waals surface area contributed by atoms with Crippen molar-refractivity contribution >= 4 is 42.2 Å². The van der Waals surface area contributed by atoms with Crippen LogP contribution in [0, 0.1) is 0 Å². The predicted octanol–water partition coefficient (Wildman–Crippen LogP) is 3.16. The Labute approximate surface area is 212 Å². The van der Waals surface area contributed by atoms with Gasteiger partial charge in [0.25, 0.3) is 0 Å². The second kappa shape index (κ2) is 8.82. The van der Waals surface area contributed by atoms with Crippen molar-refractivity contribution in [1.82, 2.24) is 4.98 Å². The van der Waals surface area contributed by atoms with Gasteiger partial charge in [-0.15, -0.1) is 0 Å². The molecule has 4 rings (SSSR count). The summed E-state index contributed by atoms with van der Waals surface area (Å²) in [6, 6.07) is 4.74. The summed E-state index contributed by atoms with van der Waals surface area (Å²) < 4.78 is 30.2. The normalized spacial score (nSPS) is 22.5. The highest BCUT2D eigenvalue weighted by Gasteiger charge is 2.54. The summed E-state index contributed by atoms with van der Waals surface area (Å²) in [7, 11) is -0.0685. The van der Waals surface area contributed by atoms with E-state index in [9.17, 15) is 4.79 Å². The van der Waals surface area contributed by atoms with Gasteiger partial charge in [-0.3, -0.25) is 4.79 Å². The number of hydrogen-bond donors (Lipinski definition) is 1. The van der Waals surface area contributed by atoms with Crippen molar-refractivity contribution in [3.63, 3.8) is 0 Å². The van der Waals surface area contributed by atoms with Gasteiger partial charge in [-0.1, -0.05) is 23.3 Å². The lowest BCUT2D eigenvalue weighted by Gasteiger charge is -2.32. The fraction of sp³-hybridized carbons (Fsp3) is 0.625. The fourth-order valence-electron chi connectivity index (χ4n) is 4.43. The van der Waals surface area contributed by atoms with Gasteiger partial charge in [0, 0.05) is 26.9 Å². The zero-order chi connectivity index (χ0) is 26.7. The largest absolute Gasteiger partial charge is 0.512 e. The third kappa shape index (κ3) is 4.31. The molecule has 0 amide bonds. The average molecular weight is 496 g/mol. The van der Waals surface area contributed by atoms with Crippen molar-refractivity contribution in [1.29, 1.82) is 0 Å². The number of carbonyl (C=O) groups is 1. The third-order valence-electron chi connectivity index (χ3n) is 8.06. The van der Waals surface area contributed by atoms with E-state index in [1.165, 1.54) is 7.11 Å². The number of nitrogens with zero attached hydrogens (tertiary/aromatic N) is 3. The van der Waals surface area contributed by atoms with Gasteiger partial charge in [0.2, 0.25) is 0 Å². The highest BCUT2D eigenvalue weighted by atomic mass is 16.7. The Hall–Kier alpha value is -2.49. The van der Waals surface area contributed by atoms with Gasteiger partial charge in [0.05, 0.1) is 29.5 Å². The van der Waals surface area contributed by atoms with Crippen LogP contribution in [0.15, 0.2) is 23.3 Å². The number of benzene rings is 1. The summed E-state index contributed by atoms with van der Waals surface area (Å²) in [4.78, 5) is 18.8. The van der Waals surface area contributed by atoms with E-state index in [2.05, 4.69) is 15.0 Å². The number of H-pyrrole nitrogens is 1. The van der Waals surface area contributed by atoms with Gasteiger partial charge >= 0.3 is 20.2 Å². The quantitative estimate of drug-likeness (QED) is 0.215. The van der Waals surface area contributed by atoms with Gasteiger partial charge in [-0.2, -0.15) is 0 Å². The molecule has 0 radical (unpaired) electrons. The van der Waals surface area contributed by atoms with E-state index in [0.29, 0.717) is 5.59 Å². The Morgan fingerprint density at radius 1 is 1.00 bits per heavy atom. The maximum atomic E-state index is 12.4. The number of aromatic amines is 1. The molecule has 1 aromatic carbocycles. The molecule has 1 unspecified atom stereocenters. The maximum absolute atomic E-state index is 12.4. The third-order valence-corrected chi connectivity index (χ3v) is 8.06. The molecule has 0 spiro atoms. The molecule has 2 aromatic rings. The molecule has 2 aliphatic heterocycles. The lowest BCUT2D eigenvalue weighted by atomic mass is 9.77. The van der Waals surface area contributed by atoms with E-state index in [0.717, 1.165) is 21.9 Å². The minimum absolute atomic E-state index is 0.100. The molecule has 0 bridgehead atoms. The van der Waals surface area contributed by atoms with Crippen molar-refractivity contribution in [3.8, 4) is 0 Å². The molecule has 0 saturated carbocycles. The van der Waals surface area contributed by atoms with Crippen molar-refractivity contribution < 1.29 is 28.1 Å². The second-order valence-electron chi connectivity index (χ2n) is 11.4. The van der Waals surface area contributed by atoms with Gasteiger partial charge < -0.3 is 28.3 Å². The minimum atomic E-state index is -1.05. The number of esters is 1. The van der Waals surface area contributed by atoms with E-state index >= 15 is 0 Å². The smallest absolute Gasteiger partial charge is 0.469 e. The first kappa shape index (κ1) is 26.6. The van der Waals surface area contributed by atoms with Crippen molar-refractivity contribution in [2.75, 3.05) is 7.11 Å². The summed E-state index contributed by atoms with van der Waals surface area (Å²) in [5, 5.41) is 4.53. The molecule has 3 heterocycles. The minimum Gasteiger partial charge on any atom is -0.469 e. The van der Waals surface area contributed by atoms with Crippen LogP contribution < -0.4 is 11.1 Å². The lowest BCUT2D eigenvalue weighted by Crippen LogP contribution is -2.41. The summed E-state index contributed by atoms with van der Waals surface area (Å²) in [5.74, 6) is -0.621. The van der Waals surface area contributed by atoms with Gasteiger partial charge in [-0.05, 0) is 72.9 Å². The number of hydrogen-bond acceptors (Lipinski definition) is 7. The Morgan fingerprint density at radius 3 is 2.03 bits per heavy atom. The van der Waals surface area contributed by atoms with E-state index < -0.39 is 48.7 Å². The Balaban J connectivity index is 1.87. The van der Waals surface area contributed by atoms with E-state index in [-0.39, 0.29) is 6.42 Å². The molecule has 12 heteroatoms. The molecule has 1 aromatic heterocycles. The Morgan fingerprint density at radius 2 is 1.53 bits per heavy atom. The molecule has 10 nitrogen and oxygen atoms in total. The monoisotopic (exact) mass is 496 g/mol. The number of azide groups is 1. The second-order valence-corrected chi connectivity index (χ2v) is 11.4. The molecular weight excluding hydrogens is 462 g/mol. The van der Waals surface area contributed by atoms with E-state index in [4.69, 9.17) is 28.9 Å². The maximum Gasteiger partial charge on any atom is 0.512 e. The zero-order valence-corrected chi connectivity index (χ0v) is 22.5. The molecule has 36 heavy (non-hydrogen) atoms. The van der Waals surface area contributed by atoms with Crippen molar-refractivity contribution in [2.45, 2.75) is 90.3 Å². The van der Waals surface area contributed by atoms with E-state index in [1.807, 2.05) is 73.6 Å². The number of methoxy groups -OCH3 is 1. The molecule has 0 aliphatic carbocycles. The van der Waals surface area contributed by atoms with Crippen LogP contribution in [0.3, 0.4) is 0 Å². The van der Waals surface area contributed by atoms with Crippen molar-refractivity contribution in [2.24, 2.45) is 5.11 Å². The number of ether oxygens (including phenoxy) is 1. The highest BCUT2D eigenvalue weighted by Crippen LogP contribution is 2.39. The first-order valence-corrected chi connectivity index (χ1v) is 12.1. The molecule has 2 aliphatic rings. The number of aromatic nitrogens is 1. The molecule has 2 saturated heterocycles. The topological polar surface area (TPSA) is 128 Å². The SMILES string of the molecule is COC(=O)C(Cc1c(B2OC(C)(C)C(C)(C)O2)[nH]c2c(B3OC(C)(C)C(C)(C)O3)cccc12)N=[N+]=[N-]. The molecule has 192 valence electrons. The molecule has 1 atom stereocenters. The molecular formula is C24H34B2N4O6.